The highest BCUT2D eigenvalue weighted by Gasteiger charge is 2.43. The molecule has 2 fully saturated rings. The molecule has 0 aromatic rings. The summed E-state index contributed by atoms with van der Waals surface area (Å²) in [5.74, 6) is -0.524. The Hall–Kier alpha value is -1.06. The van der Waals surface area contributed by atoms with Crippen LogP contribution in [0.5, 0.6) is 0 Å². The minimum Gasteiger partial charge on any atom is -0.374 e. The van der Waals surface area contributed by atoms with Gasteiger partial charge in [0.1, 0.15) is 0 Å². The monoisotopic (exact) mass is 167 g/mol. The molecule has 5 nitrogen and oxygen atoms in total. The minimum atomic E-state index is -0.357. The van der Waals surface area contributed by atoms with Gasteiger partial charge >= 0.3 is 0 Å². The predicted molar refractivity (Wildman–Crippen MR) is 40.2 cm³/mol. The highest BCUT2D eigenvalue weighted by atomic mass is 16.5. The third-order valence-electron chi connectivity index (χ3n) is 2.57. The summed E-state index contributed by atoms with van der Waals surface area (Å²) in [4.78, 5) is 13.6. The molecule has 5 heteroatoms. The van der Waals surface area contributed by atoms with Gasteiger partial charge < -0.3 is 4.74 Å². The number of amides is 1. The van der Waals surface area contributed by atoms with Crippen LogP contribution in [0.1, 0.15) is 19.3 Å². The number of hydrogen-bond acceptors (Lipinski definition) is 2. The number of rotatable bonds is 1. The summed E-state index contributed by atoms with van der Waals surface area (Å²) in [5, 5.41) is 3.09. The van der Waals surface area contributed by atoms with Gasteiger partial charge in [-0.2, -0.15) is 0 Å². The first-order valence-corrected chi connectivity index (χ1v) is 4.05. The van der Waals surface area contributed by atoms with E-state index in [1.54, 1.807) is 0 Å². The van der Waals surface area contributed by atoms with Crippen molar-refractivity contribution >= 4 is 5.91 Å². The van der Waals surface area contributed by atoms with Crippen molar-refractivity contribution in [2.24, 2.45) is 11.0 Å². The van der Waals surface area contributed by atoms with Crippen LogP contribution < -0.4 is 0 Å². The number of carbonyl (C=O) groups is 1. The Labute approximate surface area is 69.3 Å². The van der Waals surface area contributed by atoms with Gasteiger partial charge in [0, 0.05) is 4.91 Å². The Morgan fingerprint density at radius 1 is 1.58 bits per heavy atom. The number of nitrogens with zero attached hydrogens (tertiary/aromatic N) is 3. The summed E-state index contributed by atoms with van der Waals surface area (Å²) in [6, 6.07) is 0. The highest BCUT2D eigenvalue weighted by molar-refractivity contribution is 5.80. The molecule has 0 aromatic heterocycles. The molecule has 0 saturated carbocycles. The van der Waals surface area contributed by atoms with Gasteiger partial charge in [-0.1, -0.05) is 0 Å². The fourth-order valence-corrected chi connectivity index (χ4v) is 2.02. The van der Waals surface area contributed by atoms with Gasteiger partial charge in [0.25, 0.3) is 0 Å². The van der Waals surface area contributed by atoms with Crippen LogP contribution in [0.4, 0.5) is 0 Å². The van der Waals surface area contributed by atoms with Crippen molar-refractivity contribution in [2.45, 2.75) is 31.5 Å². The van der Waals surface area contributed by atoms with Gasteiger partial charge in [-0.15, -0.1) is 0 Å². The van der Waals surface area contributed by atoms with Crippen molar-refractivity contribution < 1.29 is 9.53 Å². The number of fused-ring (bicyclic) bond motifs is 2. The van der Waals surface area contributed by atoms with E-state index in [1.807, 2.05) is 0 Å². The zero-order chi connectivity index (χ0) is 8.55. The van der Waals surface area contributed by atoms with Crippen molar-refractivity contribution in [3.05, 3.63) is 10.4 Å². The molecule has 64 valence electrons. The quantitative estimate of drug-likeness (QED) is 0.336. The summed E-state index contributed by atoms with van der Waals surface area (Å²) < 4.78 is 5.45. The van der Waals surface area contributed by atoms with Gasteiger partial charge in [0.15, 0.2) is 0 Å². The molecule has 12 heavy (non-hydrogen) atoms. The zero-order valence-corrected chi connectivity index (χ0v) is 6.51. The van der Waals surface area contributed by atoms with Gasteiger partial charge in [-0.3, -0.25) is 4.79 Å². The summed E-state index contributed by atoms with van der Waals surface area (Å²) in [6.45, 7) is 0. The molecular weight excluding hydrogens is 158 g/mol. The number of azide groups is 1. The van der Waals surface area contributed by atoms with Crippen molar-refractivity contribution in [1.82, 2.24) is 0 Å². The maximum absolute atomic E-state index is 11.1. The molecule has 2 saturated heterocycles. The summed E-state index contributed by atoms with van der Waals surface area (Å²) >= 11 is 0. The smallest absolute Gasteiger partial charge is 0.224 e. The van der Waals surface area contributed by atoms with Crippen LogP contribution in [-0.4, -0.2) is 18.1 Å². The van der Waals surface area contributed by atoms with E-state index in [1.165, 1.54) is 0 Å². The lowest BCUT2D eigenvalue weighted by molar-refractivity contribution is -0.123. The second-order valence-corrected chi connectivity index (χ2v) is 3.24. The van der Waals surface area contributed by atoms with Crippen LogP contribution in [-0.2, 0) is 9.53 Å². The largest absolute Gasteiger partial charge is 0.374 e. The Morgan fingerprint density at radius 3 is 2.92 bits per heavy atom. The SMILES string of the molecule is [N-]=[N+]=NC(=O)C1CC2CCC1O2. The van der Waals surface area contributed by atoms with E-state index in [9.17, 15) is 4.79 Å². The van der Waals surface area contributed by atoms with E-state index >= 15 is 0 Å². The standard InChI is InChI=1S/C7H9N3O2/c8-10-9-7(11)5-3-4-1-2-6(5)12-4/h4-6H,1-3H2. The Bertz CT molecular complexity index is 259. The average molecular weight is 167 g/mol. The lowest BCUT2D eigenvalue weighted by atomic mass is 9.89. The molecule has 0 spiro atoms. The number of carbonyl (C=O) groups excluding carboxylic acids is 1. The van der Waals surface area contributed by atoms with E-state index in [0.717, 1.165) is 19.3 Å². The molecule has 2 heterocycles. The van der Waals surface area contributed by atoms with Gasteiger partial charge in [0.2, 0.25) is 5.91 Å². The second kappa shape index (κ2) is 2.77. The first-order chi connectivity index (χ1) is 5.81. The fraction of sp³-hybridized carbons (Fsp3) is 0.857. The van der Waals surface area contributed by atoms with Crippen LogP contribution in [0.25, 0.3) is 10.4 Å². The second-order valence-electron chi connectivity index (χ2n) is 3.24. The van der Waals surface area contributed by atoms with Gasteiger partial charge in [0.05, 0.1) is 18.1 Å². The van der Waals surface area contributed by atoms with E-state index in [0.29, 0.717) is 0 Å². The minimum absolute atomic E-state index is 0.0213. The number of ether oxygens (including phenoxy) is 1. The maximum atomic E-state index is 11.1. The van der Waals surface area contributed by atoms with Crippen LogP contribution in [0.15, 0.2) is 5.11 Å². The summed E-state index contributed by atoms with van der Waals surface area (Å²) in [5.41, 5.74) is 8.06. The topological polar surface area (TPSA) is 75.1 Å². The Morgan fingerprint density at radius 2 is 2.42 bits per heavy atom. The van der Waals surface area contributed by atoms with Gasteiger partial charge in [-0.25, -0.2) is 0 Å². The lowest BCUT2D eigenvalue weighted by Gasteiger charge is -2.13. The van der Waals surface area contributed by atoms with Crippen LogP contribution in [0.2, 0.25) is 0 Å². The molecule has 2 bridgehead atoms. The van der Waals surface area contributed by atoms with E-state index in [2.05, 4.69) is 10.0 Å². The molecule has 2 aliphatic rings. The highest BCUT2D eigenvalue weighted by Crippen LogP contribution is 2.39. The van der Waals surface area contributed by atoms with Crippen molar-refractivity contribution in [1.29, 1.82) is 0 Å². The molecule has 0 aromatic carbocycles. The third kappa shape index (κ3) is 1.07. The predicted octanol–water partition coefficient (Wildman–Crippen LogP) is 1.39. The van der Waals surface area contributed by atoms with Crippen LogP contribution >= 0.6 is 0 Å². The molecule has 2 aliphatic heterocycles. The van der Waals surface area contributed by atoms with Crippen molar-refractivity contribution in [2.75, 3.05) is 0 Å². The zero-order valence-electron chi connectivity index (χ0n) is 6.51. The molecule has 2 rings (SSSR count). The van der Waals surface area contributed by atoms with E-state index < -0.39 is 0 Å². The normalized spacial score (nSPS) is 37.8. The Balaban J connectivity index is 2.07. The first-order valence-electron chi connectivity index (χ1n) is 4.05. The summed E-state index contributed by atoms with van der Waals surface area (Å²) in [7, 11) is 0. The van der Waals surface area contributed by atoms with Crippen molar-refractivity contribution in [3.63, 3.8) is 0 Å². The van der Waals surface area contributed by atoms with Gasteiger partial charge in [-0.05, 0) is 29.9 Å². The molecule has 0 radical (unpaired) electrons. The Kier molecular flexibility index (Phi) is 1.75. The molecule has 1 amide bonds. The van der Waals surface area contributed by atoms with E-state index in [4.69, 9.17) is 10.3 Å². The third-order valence-corrected chi connectivity index (χ3v) is 2.57. The molecule has 0 N–H and O–H groups in total. The lowest BCUT2D eigenvalue weighted by Crippen LogP contribution is -2.23. The van der Waals surface area contributed by atoms with Crippen molar-refractivity contribution in [3.8, 4) is 0 Å². The van der Waals surface area contributed by atoms with Crippen LogP contribution in [0.3, 0.4) is 0 Å². The maximum Gasteiger partial charge on any atom is 0.224 e. The first kappa shape index (κ1) is 7.58. The van der Waals surface area contributed by atoms with Crippen LogP contribution in [0, 0.1) is 5.92 Å². The molecule has 3 unspecified atom stereocenters. The molecule has 0 aliphatic carbocycles. The number of hydrogen-bond donors (Lipinski definition) is 0. The average Bonchev–Trinajstić information content (AvgIpc) is 2.64. The van der Waals surface area contributed by atoms with E-state index in [-0.39, 0.29) is 24.0 Å². The fourth-order valence-electron chi connectivity index (χ4n) is 2.02. The molecule has 3 atom stereocenters. The summed E-state index contributed by atoms with van der Waals surface area (Å²) in [6.07, 6.45) is 2.97. The molecular formula is C7H9N3O2.